The molecule has 42 heavy (non-hydrogen) atoms. The van der Waals surface area contributed by atoms with Crippen molar-refractivity contribution < 1.29 is 8.98 Å². The van der Waals surface area contributed by atoms with E-state index >= 15 is 0 Å². The first kappa shape index (κ1) is 26.0. The van der Waals surface area contributed by atoms with E-state index in [9.17, 15) is 5.26 Å². The van der Waals surface area contributed by atoms with Crippen LogP contribution in [0.25, 0.3) is 65.9 Å². The molecule has 0 bridgehead atoms. The second-order valence-corrected chi connectivity index (χ2v) is 12.7. The minimum Gasteiger partial charge on any atom is -0.454 e. The Morgan fingerprint density at radius 2 is 1.40 bits per heavy atom. The van der Waals surface area contributed by atoms with Gasteiger partial charge in [-0.15, -0.1) is 0 Å². The zero-order valence-electron chi connectivity index (χ0n) is 24.7. The number of hydrogen-bond acceptors (Lipinski definition) is 2. The third-order valence-corrected chi connectivity index (χ3v) is 8.36. The molecule has 2 heterocycles. The van der Waals surface area contributed by atoms with Gasteiger partial charge in [-0.3, -0.25) is 0 Å². The summed E-state index contributed by atoms with van der Waals surface area (Å²) in [5, 5.41) is 17.0. The molecule has 3 nitrogen and oxygen atoms in total. The van der Waals surface area contributed by atoms with Crippen LogP contribution in [0.15, 0.2) is 102 Å². The van der Waals surface area contributed by atoms with Crippen LogP contribution in [-0.4, -0.2) is 0 Å². The quantitative estimate of drug-likeness (QED) is 0.164. The van der Waals surface area contributed by atoms with E-state index in [2.05, 4.69) is 130 Å². The van der Waals surface area contributed by atoms with Gasteiger partial charge < -0.3 is 4.42 Å². The molecule has 3 heteroatoms. The Bertz CT molecular complexity index is 2240. The van der Waals surface area contributed by atoms with Crippen molar-refractivity contribution in [2.75, 3.05) is 0 Å². The van der Waals surface area contributed by atoms with E-state index in [-0.39, 0.29) is 5.41 Å². The van der Waals surface area contributed by atoms with Gasteiger partial charge >= 0.3 is 0 Å². The number of nitrogens with zero attached hydrogens (tertiary/aromatic N) is 2. The number of rotatable bonds is 3. The number of benzene rings is 5. The molecule has 5 aromatic carbocycles. The molecule has 2 aromatic heterocycles. The lowest BCUT2D eigenvalue weighted by Crippen LogP contribution is -2.32. The molecule has 7 rings (SSSR count). The van der Waals surface area contributed by atoms with Crippen LogP contribution in [0.1, 0.15) is 37.5 Å². The van der Waals surface area contributed by atoms with E-state index in [4.69, 9.17) is 4.42 Å². The Morgan fingerprint density at radius 3 is 2.12 bits per heavy atom. The monoisotopic (exact) mass is 545 g/mol. The maximum Gasteiger partial charge on any atom is 0.216 e. The standard InChI is InChI=1S/C39H33N2O/c1-24-14-17-31-32-18-16-27(22-40)36(33-20-26-10-6-7-11-28(26)29-12-8-9-13-30(29)33)38(32)42-37(31)35(24)34-19-15-25(23-41(34)5)21-39(2,3)4/h6-20,23H,21H2,1-5H3/q+1. The van der Waals surface area contributed by atoms with Crippen LogP contribution in [0.5, 0.6) is 0 Å². The van der Waals surface area contributed by atoms with Crippen LogP contribution in [0.3, 0.4) is 0 Å². The Balaban J connectivity index is 1.54. The Kier molecular flexibility index (Phi) is 5.92. The molecule has 0 aliphatic heterocycles. The highest BCUT2D eigenvalue weighted by molar-refractivity contribution is 6.19. The minimum absolute atomic E-state index is 0.213. The fourth-order valence-electron chi connectivity index (χ4n) is 6.58. The fourth-order valence-corrected chi connectivity index (χ4v) is 6.58. The van der Waals surface area contributed by atoms with E-state index in [1.165, 1.54) is 16.3 Å². The smallest absolute Gasteiger partial charge is 0.216 e. The van der Waals surface area contributed by atoms with E-state index < -0.39 is 0 Å². The number of nitriles is 1. The summed E-state index contributed by atoms with van der Waals surface area (Å²) in [6.45, 7) is 8.95. The van der Waals surface area contributed by atoms with Crippen molar-refractivity contribution in [3.05, 3.63) is 114 Å². The first-order valence-electron chi connectivity index (χ1n) is 14.5. The Labute approximate surface area is 246 Å². The molecule has 0 aliphatic rings. The van der Waals surface area contributed by atoms with Crippen LogP contribution in [0, 0.1) is 23.7 Å². The molecular formula is C39H33N2O+. The molecule has 0 amide bonds. The highest BCUT2D eigenvalue weighted by atomic mass is 16.3. The molecule has 0 saturated carbocycles. The molecule has 0 unspecified atom stereocenters. The van der Waals surface area contributed by atoms with Gasteiger partial charge in [0, 0.05) is 28.0 Å². The molecule has 0 aliphatic carbocycles. The predicted octanol–water partition coefficient (Wildman–Crippen LogP) is 9.82. The number of fused-ring (bicyclic) bond motifs is 6. The van der Waals surface area contributed by atoms with E-state index in [0.717, 1.165) is 67.1 Å². The predicted molar refractivity (Wildman–Crippen MR) is 173 cm³/mol. The topological polar surface area (TPSA) is 40.8 Å². The van der Waals surface area contributed by atoms with Gasteiger partial charge in [-0.1, -0.05) is 81.4 Å². The summed E-state index contributed by atoms with van der Waals surface area (Å²) < 4.78 is 9.13. The van der Waals surface area contributed by atoms with Gasteiger partial charge in [-0.05, 0) is 75.7 Å². The largest absolute Gasteiger partial charge is 0.454 e. The molecule has 0 N–H and O–H groups in total. The van der Waals surface area contributed by atoms with E-state index in [0.29, 0.717) is 5.56 Å². The van der Waals surface area contributed by atoms with Gasteiger partial charge in [-0.2, -0.15) is 5.26 Å². The van der Waals surface area contributed by atoms with Gasteiger partial charge in [0.15, 0.2) is 6.20 Å². The lowest BCUT2D eigenvalue weighted by molar-refractivity contribution is -0.660. The van der Waals surface area contributed by atoms with E-state index in [1.54, 1.807) is 0 Å². The number of aryl methyl sites for hydroxylation is 2. The molecule has 0 atom stereocenters. The summed E-state index contributed by atoms with van der Waals surface area (Å²) in [4.78, 5) is 0. The summed E-state index contributed by atoms with van der Waals surface area (Å²) >= 11 is 0. The maximum absolute atomic E-state index is 10.3. The van der Waals surface area contributed by atoms with Crippen molar-refractivity contribution in [1.82, 2.24) is 0 Å². The van der Waals surface area contributed by atoms with Crippen LogP contribution in [-0.2, 0) is 13.5 Å². The van der Waals surface area contributed by atoms with Crippen molar-refractivity contribution in [3.8, 4) is 28.5 Å². The number of aromatic nitrogens is 1. The van der Waals surface area contributed by atoms with Gasteiger partial charge in [-0.25, -0.2) is 4.57 Å². The summed E-state index contributed by atoms with van der Waals surface area (Å²) in [5.74, 6) is 0. The van der Waals surface area contributed by atoms with Crippen LogP contribution >= 0.6 is 0 Å². The maximum atomic E-state index is 10.3. The van der Waals surface area contributed by atoms with Crippen molar-refractivity contribution >= 4 is 43.5 Å². The molecular weight excluding hydrogens is 512 g/mol. The lowest BCUT2D eigenvalue weighted by Gasteiger charge is -2.17. The first-order chi connectivity index (χ1) is 20.2. The van der Waals surface area contributed by atoms with Crippen molar-refractivity contribution in [2.24, 2.45) is 12.5 Å². The summed E-state index contributed by atoms with van der Waals surface area (Å²) in [6, 6.07) is 34.3. The zero-order chi connectivity index (χ0) is 29.2. The van der Waals surface area contributed by atoms with Crippen LogP contribution in [0.2, 0.25) is 0 Å². The molecule has 0 fully saturated rings. The zero-order valence-corrected chi connectivity index (χ0v) is 24.7. The van der Waals surface area contributed by atoms with Gasteiger partial charge in [0.25, 0.3) is 0 Å². The first-order valence-corrected chi connectivity index (χ1v) is 14.5. The third-order valence-electron chi connectivity index (χ3n) is 8.36. The summed E-state index contributed by atoms with van der Waals surface area (Å²) in [5.41, 5.74) is 8.94. The SMILES string of the molecule is Cc1ccc2c(oc3c(-c4cc5ccccc5c5ccccc45)c(C#N)ccc32)c1-c1ccc(CC(C)(C)C)c[n+]1C. The molecule has 0 saturated heterocycles. The van der Waals surface area contributed by atoms with Crippen LogP contribution in [0.4, 0.5) is 0 Å². The molecule has 204 valence electrons. The van der Waals surface area contributed by atoms with Crippen molar-refractivity contribution in [3.63, 3.8) is 0 Å². The Hall–Kier alpha value is -4.94. The normalized spacial score (nSPS) is 12.0. The minimum atomic E-state index is 0.213. The highest BCUT2D eigenvalue weighted by Crippen LogP contribution is 2.44. The Morgan fingerprint density at radius 1 is 0.738 bits per heavy atom. The van der Waals surface area contributed by atoms with E-state index in [1.807, 2.05) is 12.1 Å². The second kappa shape index (κ2) is 9.57. The second-order valence-electron chi connectivity index (χ2n) is 12.7. The number of pyridine rings is 1. The number of hydrogen-bond donors (Lipinski definition) is 0. The van der Waals surface area contributed by atoms with Gasteiger partial charge in [0.2, 0.25) is 5.69 Å². The van der Waals surface area contributed by atoms with Gasteiger partial charge in [0.05, 0.1) is 17.2 Å². The third kappa shape index (κ3) is 4.14. The van der Waals surface area contributed by atoms with Crippen molar-refractivity contribution in [1.29, 1.82) is 5.26 Å². The molecule has 0 radical (unpaired) electrons. The summed E-state index contributed by atoms with van der Waals surface area (Å²) in [6.07, 6.45) is 3.25. The van der Waals surface area contributed by atoms with Crippen molar-refractivity contribution in [2.45, 2.75) is 34.1 Å². The summed E-state index contributed by atoms with van der Waals surface area (Å²) in [7, 11) is 2.11. The average molecular weight is 546 g/mol. The molecule has 7 aromatic rings. The number of furan rings is 1. The van der Waals surface area contributed by atoms with Gasteiger partial charge in [0.1, 0.15) is 18.2 Å². The van der Waals surface area contributed by atoms with Crippen LogP contribution < -0.4 is 4.57 Å². The average Bonchev–Trinajstić information content (AvgIpc) is 3.34. The lowest BCUT2D eigenvalue weighted by atomic mass is 9.88. The fraction of sp³-hybridized carbons (Fsp3) is 0.179. The highest BCUT2D eigenvalue weighted by Gasteiger charge is 2.25. The molecule has 0 spiro atoms.